The van der Waals surface area contributed by atoms with Crippen LogP contribution in [0.3, 0.4) is 0 Å². The molecule has 0 radical (unpaired) electrons. The third kappa shape index (κ3) is 3.37. The van der Waals surface area contributed by atoms with E-state index in [1.807, 2.05) is 0 Å². The van der Waals surface area contributed by atoms with Crippen molar-refractivity contribution in [2.24, 2.45) is 11.8 Å². The number of likely N-dealkylation sites (tertiary alicyclic amines) is 2. The molecule has 2 amide bonds. The van der Waals surface area contributed by atoms with Gasteiger partial charge in [0.05, 0.1) is 0 Å². The van der Waals surface area contributed by atoms with Crippen molar-refractivity contribution < 1.29 is 29.4 Å². The van der Waals surface area contributed by atoms with Crippen molar-refractivity contribution >= 4 is 23.8 Å². The minimum Gasteiger partial charge on any atom is -0.480 e. The first kappa shape index (κ1) is 18.2. The summed E-state index contributed by atoms with van der Waals surface area (Å²) in [6.07, 6.45) is 2.10. The van der Waals surface area contributed by atoms with Gasteiger partial charge in [0, 0.05) is 24.9 Å². The quantitative estimate of drug-likeness (QED) is 0.749. The molecule has 2 aliphatic rings. The van der Waals surface area contributed by atoms with Crippen LogP contribution < -0.4 is 0 Å². The first-order valence-electron chi connectivity index (χ1n) is 8.32. The highest BCUT2D eigenvalue weighted by atomic mass is 16.4. The molecule has 2 fully saturated rings. The smallest absolute Gasteiger partial charge is 0.326 e. The molecule has 134 valence electrons. The van der Waals surface area contributed by atoms with Gasteiger partial charge in [-0.2, -0.15) is 0 Å². The largest absolute Gasteiger partial charge is 0.480 e. The number of carbonyl (C=O) groups excluding carboxylic acids is 2. The molecular formula is C16H24N2O6. The lowest BCUT2D eigenvalue weighted by Crippen LogP contribution is -2.48. The van der Waals surface area contributed by atoms with Gasteiger partial charge in [-0.3, -0.25) is 9.59 Å². The molecular weight excluding hydrogens is 316 g/mol. The van der Waals surface area contributed by atoms with Gasteiger partial charge in [0.1, 0.15) is 12.1 Å². The molecule has 0 aromatic carbocycles. The van der Waals surface area contributed by atoms with Crippen LogP contribution in [0.25, 0.3) is 0 Å². The third-order valence-electron chi connectivity index (χ3n) is 5.17. The minimum atomic E-state index is -1.03. The van der Waals surface area contributed by atoms with Gasteiger partial charge in [-0.05, 0) is 25.7 Å². The molecule has 0 aromatic rings. The maximum absolute atomic E-state index is 12.6. The maximum atomic E-state index is 12.6. The van der Waals surface area contributed by atoms with Gasteiger partial charge < -0.3 is 20.0 Å². The van der Waals surface area contributed by atoms with E-state index in [1.54, 1.807) is 13.8 Å². The number of carbonyl (C=O) groups is 4. The van der Waals surface area contributed by atoms with Gasteiger partial charge in [-0.1, -0.05) is 13.8 Å². The fraction of sp³-hybridized carbons (Fsp3) is 0.750. The molecule has 4 atom stereocenters. The summed E-state index contributed by atoms with van der Waals surface area (Å²) in [4.78, 5) is 50.4. The van der Waals surface area contributed by atoms with Crippen LogP contribution in [0.4, 0.5) is 0 Å². The van der Waals surface area contributed by atoms with Gasteiger partial charge in [0.15, 0.2) is 0 Å². The Bertz CT molecular complexity index is 501. The van der Waals surface area contributed by atoms with E-state index < -0.39 is 35.9 Å². The van der Waals surface area contributed by atoms with Crippen molar-refractivity contribution in [2.75, 3.05) is 13.1 Å². The second-order valence-corrected chi connectivity index (χ2v) is 6.63. The van der Waals surface area contributed by atoms with E-state index >= 15 is 0 Å². The lowest BCUT2D eigenvalue weighted by atomic mass is 9.92. The van der Waals surface area contributed by atoms with E-state index in [0.717, 1.165) is 0 Å². The Hall–Kier alpha value is -2.12. The first-order chi connectivity index (χ1) is 11.3. The van der Waals surface area contributed by atoms with E-state index in [0.29, 0.717) is 38.8 Å². The number of carboxylic acids is 2. The van der Waals surface area contributed by atoms with Crippen LogP contribution in [0.5, 0.6) is 0 Å². The van der Waals surface area contributed by atoms with Crippen LogP contribution in [0, 0.1) is 11.8 Å². The summed E-state index contributed by atoms with van der Waals surface area (Å²) in [5.74, 6) is -4.14. The van der Waals surface area contributed by atoms with Crippen LogP contribution in [0.15, 0.2) is 0 Å². The van der Waals surface area contributed by atoms with Gasteiger partial charge in [0.2, 0.25) is 11.8 Å². The van der Waals surface area contributed by atoms with Crippen LogP contribution in [0.1, 0.15) is 39.5 Å². The van der Waals surface area contributed by atoms with Gasteiger partial charge in [-0.15, -0.1) is 0 Å². The number of rotatable bonds is 5. The highest BCUT2D eigenvalue weighted by molar-refractivity contribution is 5.91. The van der Waals surface area contributed by atoms with Gasteiger partial charge in [-0.25, -0.2) is 9.59 Å². The van der Waals surface area contributed by atoms with Crippen molar-refractivity contribution in [3.8, 4) is 0 Å². The fourth-order valence-corrected chi connectivity index (χ4v) is 3.53. The lowest BCUT2D eigenvalue weighted by molar-refractivity contribution is -0.154. The zero-order valence-corrected chi connectivity index (χ0v) is 14.0. The molecule has 2 heterocycles. The van der Waals surface area contributed by atoms with Crippen LogP contribution in [-0.2, 0) is 19.2 Å². The van der Waals surface area contributed by atoms with Crippen molar-refractivity contribution in [1.82, 2.24) is 9.80 Å². The molecule has 0 spiro atoms. The highest BCUT2D eigenvalue weighted by Crippen LogP contribution is 2.27. The van der Waals surface area contributed by atoms with Crippen LogP contribution in [-0.4, -0.2) is 68.9 Å². The standard InChI is InChI=1S/C16H24N2O6/c1-9(13(19)17-7-3-5-11(17)15(21)22)10(2)14(20)18-8-4-6-12(18)16(23)24/h9-12H,3-8H2,1-2H3,(H,21,22)(H,23,24)/t9?,10?,11-,12-/m1/s1. The Labute approximate surface area is 140 Å². The Balaban J connectivity index is 2.06. The SMILES string of the molecule is CC(C(=O)N1CCC[C@@H]1C(=O)O)C(C)C(=O)N1CCC[C@@H]1C(=O)O. The molecule has 0 aromatic heterocycles. The van der Waals surface area contributed by atoms with Crippen molar-refractivity contribution in [1.29, 1.82) is 0 Å². The molecule has 0 aliphatic carbocycles. The summed E-state index contributed by atoms with van der Waals surface area (Å²) >= 11 is 0. The lowest BCUT2D eigenvalue weighted by Gasteiger charge is -2.30. The molecule has 2 aliphatic heterocycles. The summed E-state index contributed by atoms with van der Waals surface area (Å²) < 4.78 is 0. The molecule has 8 heteroatoms. The number of hydrogen-bond donors (Lipinski definition) is 2. The number of hydrogen-bond acceptors (Lipinski definition) is 4. The van der Waals surface area contributed by atoms with Crippen LogP contribution >= 0.6 is 0 Å². The Kier molecular flexibility index (Phi) is 5.46. The molecule has 24 heavy (non-hydrogen) atoms. The van der Waals surface area contributed by atoms with Gasteiger partial charge in [0.25, 0.3) is 0 Å². The normalized spacial score (nSPS) is 26.2. The molecule has 2 saturated heterocycles. The predicted molar refractivity (Wildman–Crippen MR) is 83.1 cm³/mol. The summed E-state index contributed by atoms with van der Waals surface area (Å²) in [6.45, 7) is 3.97. The van der Waals surface area contributed by atoms with Crippen molar-refractivity contribution in [2.45, 2.75) is 51.6 Å². The monoisotopic (exact) mass is 340 g/mol. The molecule has 0 bridgehead atoms. The summed E-state index contributed by atoms with van der Waals surface area (Å²) in [5.41, 5.74) is 0. The zero-order valence-electron chi connectivity index (χ0n) is 14.0. The fourth-order valence-electron chi connectivity index (χ4n) is 3.53. The third-order valence-corrected chi connectivity index (χ3v) is 5.17. The Morgan fingerprint density at radius 3 is 1.42 bits per heavy atom. The second-order valence-electron chi connectivity index (χ2n) is 6.63. The Morgan fingerprint density at radius 2 is 1.12 bits per heavy atom. The average molecular weight is 340 g/mol. The van der Waals surface area contributed by atoms with Crippen molar-refractivity contribution in [3.05, 3.63) is 0 Å². The predicted octanol–water partition coefficient (Wildman–Crippen LogP) is 0.410. The number of amides is 2. The second kappa shape index (κ2) is 7.19. The maximum Gasteiger partial charge on any atom is 0.326 e. The summed E-state index contributed by atoms with van der Waals surface area (Å²) in [7, 11) is 0. The Morgan fingerprint density at radius 1 is 0.792 bits per heavy atom. The molecule has 2 rings (SSSR count). The van der Waals surface area contributed by atoms with Crippen LogP contribution in [0.2, 0.25) is 0 Å². The number of nitrogens with zero attached hydrogens (tertiary/aromatic N) is 2. The topological polar surface area (TPSA) is 115 Å². The molecule has 2 unspecified atom stereocenters. The number of carboxylic acid groups (broad SMARTS) is 2. The minimum absolute atomic E-state index is 0.355. The van der Waals surface area contributed by atoms with E-state index in [-0.39, 0.29) is 11.8 Å². The van der Waals surface area contributed by atoms with E-state index in [2.05, 4.69) is 0 Å². The number of aliphatic carboxylic acids is 2. The van der Waals surface area contributed by atoms with E-state index in [4.69, 9.17) is 0 Å². The average Bonchev–Trinajstić information content (AvgIpc) is 3.20. The molecule has 2 N–H and O–H groups in total. The zero-order chi connectivity index (χ0) is 18.0. The highest BCUT2D eigenvalue weighted by Gasteiger charge is 2.42. The molecule has 8 nitrogen and oxygen atoms in total. The first-order valence-corrected chi connectivity index (χ1v) is 8.32. The summed E-state index contributed by atoms with van der Waals surface area (Å²) in [6, 6.07) is -1.67. The van der Waals surface area contributed by atoms with Crippen molar-refractivity contribution in [3.63, 3.8) is 0 Å². The molecule has 0 saturated carbocycles. The van der Waals surface area contributed by atoms with E-state index in [1.165, 1.54) is 9.80 Å². The summed E-state index contributed by atoms with van der Waals surface area (Å²) in [5, 5.41) is 18.4. The van der Waals surface area contributed by atoms with E-state index in [9.17, 15) is 29.4 Å². The van der Waals surface area contributed by atoms with Gasteiger partial charge >= 0.3 is 11.9 Å².